The number of hydrogen-bond acceptors (Lipinski definition) is 7. The smallest absolute Gasteiger partial charge is 0.328 e. The summed E-state index contributed by atoms with van der Waals surface area (Å²) in [6.45, 7) is 4.35. The Kier molecular flexibility index (Phi) is 4.67. The van der Waals surface area contributed by atoms with Crippen LogP contribution in [0.1, 0.15) is 19.4 Å². The molecule has 4 amide bonds. The normalized spacial score (nSPS) is 26.2. The van der Waals surface area contributed by atoms with Gasteiger partial charge in [0.1, 0.15) is 0 Å². The Morgan fingerprint density at radius 3 is 2.59 bits per heavy atom. The molecular formula is C23H24N4O5. The van der Waals surface area contributed by atoms with E-state index in [4.69, 9.17) is 9.47 Å². The molecule has 4 heterocycles. The molecule has 1 spiro atoms. The van der Waals surface area contributed by atoms with Gasteiger partial charge in [0.05, 0.1) is 31.1 Å². The number of pyridine rings is 1. The van der Waals surface area contributed by atoms with Crippen LogP contribution in [-0.4, -0.2) is 54.7 Å². The fourth-order valence-corrected chi connectivity index (χ4v) is 5.30. The summed E-state index contributed by atoms with van der Waals surface area (Å²) in [4.78, 5) is 44.8. The molecule has 166 valence electrons. The number of urea groups is 1. The number of barbiturate groups is 1. The third-order valence-electron chi connectivity index (χ3n) is 6.54. The molecule has 32 heavy (non-hydrogen) atoms. The molecule has 9 nitrogen and oxygen atoms in total. The van der Waals surface area contributed by atoms with E-state index in [-0.39, 0.29) is 12.5 Å². The largest absolute Gasteiger partial charge is 0.481 e. The Hall–Kier alpha value is -3.46. The van der Waals surface area contributed by atoms with Crippen molar-refractivity contribution in [3.05, 3.63) is 42.0 Å². The van der Waals surface area contributed by atoms with Crippen LogP contribution in [0.25, 0.3) is 11.3 Å². The van der Waals surface area contributed by atoms with Gasteiger partial charge in [-0.1, -0.05) is 12.1 Å². The minimum atomic E-state index is -1.49. The molecule has 0 bridgehead atoms. The number of fused-ring (bicyclic) bond motifs is 4. The van der Waals surface area contributed by atoms with Crippen LogP contribution in [0.3, 0.4) is 0 Å². The zero-order chi connectivity index (χ0) is 22.6. The van der Waals surface area contributed by atoms with E-state index in [1.807, 2.05) is 44.2 Å². The van der Waals surface area contributed by atoms with Gasteiger partial charge in [-0.15, -0.1) is 0 Å². The third-order valence-corrected chi connectivity index (χ3v) is 6.54. The molecule has 2 aromatic rings. The number of aromatic nitrogens is 1. The molecule has 2 saturated heterocycles. The molecule has 2 N–H and O–H groups in total. The van der Waals surface area contributed by atoms with Crippen molar-refractivity contribution in [3.8, 4) is 17.1 Å². The van der Waals surface area contributed by atoms with E-state index in [2.05, 4.69) is 20.5 Å². The van der Waals surface area contributed by atoms with Crippen LogP contribution >= 0.6 is 0 Å². The fraction of sp³-hybridized carbons (Fsp3) is 0.391. The first-order valence-electron chi connectivity index (χ1n) is 10.6. The number of imide groups is 2. The van der Waals surface area contributed by atoms with E-state index in [0.717, 1.165) is 22.5 Å². The summed E-state index contributed by atoms with van der Waals surface area (Å²) in [5.41, 5.74) is 1.87. The second-order valence-electron chi connectivity index (χ2n) is 8.54. The lowest BCUT2D eigenvalue weighted by Gasteiger charge is -2.55. The average molecular weight is 436 g/mol. The number of morpholine rings is 1. The van der Waals surface area contributed by atoms with Gasteiger partial charge in [-0.2, -0.15) is 0 Å². The number of nitrogens with one attached hydrogen (secondary N) is 2. The van der Waals surface area contributed by atoms with Gasteiger partial charge < -0.3 is 14.4 Å². The zero-order valence-electron chi connectivity index (χ0n) is 18.0. The first kappa shape index (κ1) is 20.4. The molecule has 0 saturated carbocycles. The summed E-state index contributed by atoms with van der Waals surface area (Å²) in [6.07, 6.45) is -0.328. The second kappa shape index (κ2) is 7.30. The number of benzene rings is 1. The van der Waals surface area contributed by atoms with Crippen molar-refractivity contribution >= 4 is 23.5 Å². The molecule has 3 aliphatic heterocycles. The molecule has 5 rings (SSSR count). The summed E-state index contributed by atoms with van der Waals surface area (Å²) in [5, 5.41) is 4.61. The molecular weight excluding hydrogens is 412 g/mol. The molecule has 1 aromatic heterocycles. The number of hydrogen-bond donors (Lipinski definition) is 2. The Balaban J connectivity index is 1.66. The quantitative estimate of drug-likeness (QED) is 0.689. The van der Waals surface area contributed by atoms with Crippen LogP contribution in [0, 0.1) is 5.41 Å². The van der Waals surface area contributed by atoms with E-state index < -0.39 is 35.4 Å². The van der Waals surface area contributed by atoms with Gasteiger partial charge in [0.2, 0.25) is 17.7 Å². The summed E-state index contributed by atoms with van der Waals surface area (Å²) >= 11 is 0. The summed E-state index contributed by atoms with van der Waals surface area (Å²) < 4.78 is 11.3. The van der Waals surface area contributed by atoms with Gasteiger partial charge in [0, 0.05) is 23.9 Å². The van der Waals surface area contributed by atoms with Crippen LogP contribution < -0.4 is 20.3 Å². The standard InChI is InChI=1S/C23H24N4O5/c1-12-11-27-17-8-7-14(16-5-4-6-18(24-16)31-3)9-15(17)10-23(19(27)13(2)32-12)20(28)25-22(30)26-21(23)29/h4-9,12-13,19H,10-11H2,1-3H3,(H2,25,26,28,29,30)/t12-,13+,19-/m1/s1. The predicted octanol–water partition coefficient (Wildman–Crippen LogP) is 1.65. The monoisotopic (exact) mass is 436 g/mol. The molecule has 0 aliphatic carbocycles. The highest BCUT2D eigenvalue weighted by molar-refractivity contribution is 6.20. The molecule has 0 radical (unpaired) electrons. The lowest BCUT2D eigenvalue weighted by atomic mass is 9.66. The highest BCUT2D eigenvalue weighted by atomic mass is 16.5. The van der Waals surface area contributed by atoms with Crippen LogP contribution in [0.2, 0.25) is 0 Å². The Labute approximate surface area is 185 Å². The second-order valence-corrected chi connectivity index (χ2v) is 8.54. The van der Waals surface area contributed by atoms with Crippen LogP contribution in [0.4, 0.5) is 10.5 Å². The number of carbonyl (C=O) groups is 3. The van der Waals surface area contributed by atoms with Gasteiger partial charge in [0.15, 0.2) is 5.41 Å². The summed E-state index contributed by atoms with van der Waals surface area (Å²) in [5.74, 6) is -0.694. The number of nitrogens with zero attached hydrogens (tertiary/aromatic N) is 2. The SMILES string of the molecule is COc1cccc(-c2ccc3c(c2)CC2(C(=O)NC(=O)NC2=O)[C@H]2[C@H](C)O[C@H](C)CN32)n1. The maximum atomic E-state index is 13.2. The minimum Gasteiger partial charge on any atom is -0.481 e. The highest BCUT2D eigenvalue weighted by Gasteiger charge is 2.62. The molecule has 1 aromatic carbocycles. The van der Waals surface area contributed by atoms with Crippen molar-refractivity contribution in [2.24, 2.45) is 5.41 Å². The lowest BCUT2D eigenvalue weighted by molar-refractivity contribution is -0.153. The molecule has 2 fully saturated rings. The van der Waals surface area contributed by atoms with E-state index in [0.29, 0.717) is 12.4 Å². The number of rotatable bonds is 2. The molecule has 9 heteroatoms. The maximum absolute atomic E-state index is 13.2. The number of carbonyl (C=O) groups excluding carboxylic acids is 3. The summed E-state index contributed by atoms with van der Waals surface area (Å²) in [6, 6.07) is 10.1. The van der Waals surface area contributed by atoms with Crippen LogP contribution in [0.15, 0.2) is 36.4 Å². The Morgan fingerprint density at radius 1 is 1.12 bits per heavy atom. The number of methoxy groups -OCH3 is 1. The van der Waals surface area contributed by atoms with Gasteiger partial charge in [-0.25, -0.2) is 9.78 Å². The van der Waals surface area contributed by atoms with Crippen LogP contribution in [-0.2, 0) is 20.7 Å². The van der Waals surface area contributed by atoms with Crippen molar-refractivity contribution in [1.29, 1.82) is 0 Å². The molecule has 0 unspecified atom stereocenters. The van der Waals surface area contributed by atoms with Crippen molar-refractivity contribution < 1.29 is 23.9 Å². The first-order chi connectivity index (χ1) is 15.3. The number of anilines is 1. The van der Waals surface area contributed by atoms with Crippen molar-refractivity contribution in [2.45, 2.75) is 38.5 Å². The first-order valence-corrected chi connectivity index (χ1v) is 10.6. The van der Waals surface area contributed by atoms with Gasteiger partial charge in [0.25, 0.3) is 0 Å². The number of ether oxygens (including phenoxy) is 2. The number of amides is 4. The minimum absolute atomic E-state index is 0.0830. The van der Waals surface area contributed by atoms with E-state index in [1.54, 1.807) is 13.2 Å². The highest BCUT2D eigenvalue weighted by Crippen LogP contribution is 2.47. The maximum Gasteiger partial charge on any atom is 0.328 e. The average Bonchev–Trinajstić information content (AvgIpc) is 2.76. The van der Waals surface area contributed by atoms with Crippen molar-refractivity contribution in [1.82, 2.24) is 15.6 Å². The fourth-order valence-electron chi connectivity index (χ4n) is 5.30. The van der Waals surface area contributed by atoms with Gasteiger partial charge in [-0.05, 0) is 44.0 Å². The Bertz CT molecular complexity index is 1110. The van der Waals surface area contributed by atoms with Crippen molar-refractivity contribution in [2.75, 3.05) is 18.6 Å². The predicted molar refractivity (Wildman–Crippen MR) is 115 cm³/mol. The Morgan fingerprint density at radius 2 is 1.88 bits per heavy atom. The van der Waals surface area contributed by atoms with E-state index in [1.165, 1.54) is 0 Å². The summed E-state index contributed by atoms with van der Waals surface area (Å²) in [7, 11) is 1.56. The van der Waals surface area contributed by atoms with Gasteiger partial charge >= 0.3 is 6.03 Å². The van der Waals surface area contributed by atoms with Crippen molar-refractivity contribution in [3.63, 3.8) is 0 Å². The molecule has 3 atom stereocenters. The zero-order valence-corrected chi connectivity index (χ0v) is 18.0. The lowest BCUT2D eigenvalue weighted by Crippen LogP contribution is -2.75. The van der Waals surface area contributed by atoms with Crippen LogP contribution in [0.5, 0.6) is 5.88 Å². The van der Waals surface area contributed by atoms with Gasteiger partial charge in [-0.3, -0.25) is 20.2 Å². The van der Waals surface area contributed by atoms with E-state index >= 15 is 0 Å². The topological polar surface area (TPSA) is 110 Å². The molecule has 3 aliphatic rings. The third kappa shape index (κ3) is 2.96. The van der Waals surface area contributed by atoms with E-state index in [9.17, 15) is 14.4 Å².